The van der Waals surface area contributed by atoms with E-state index in [0.29, 0.717) is 38.7 Å². The van der Waals surface area contributed by atoms with Gasteiger partial charge in [-0.1, -0.05) is 55.4 Å². The van der Waals surface area contributed by atoms with Gasteiger partial charge < -0.3 is 15.2 Å². The van der Waals surface area contributed by atoms with E-state index in [0.717, 1.165) is 31.2 Å². The van der Waals surface area contributed by atoms with Crippen LogP contribution in [0.1, 0.15) is 64.9 Å². The second kappa shape index (κ2) is 12.6. The predicted molar refractivity (Wildman–Crippen MR) is 152 cm³/mol. The molecule has 0 fully saturated rings. The summed E-state index contributed by atoms with van der Waals surface area (Å²) in [6.45, 7) is 8.22. The molecule has 1 aromatic carbocycles. The molecule has 1 atom stereocenters. The molecule has 2 heterocycles. The molecular weight excluding hydrogens is 540 g/mol. The smallest absolute Gasteiger partial charge is 0.253 e. The molecule has 1 aliphatic rings. The van der Waals surface area contributed by atoms with Crippen LogP contribution in [0.3, 0.4) is 0 Å². The minimum atomic E-state index is -0.440. The largest absolute Gasteiger partial charge is 0.342 e. The molecule has 38 heavy (non-hydrogen) atoms. The minimum Gasteiger partial charge on any atom is -0.342 e. The Hall–Kier alpha value is -3.13. The summed E-state index contributed by atoms with van der Waals surface area (Å²) in [5, 5.41) is 25.9. The molecule has 2 aromatic heterocycles. The van der Waals surface area contributed by atoms with E-state index in [1.807, 2.05) is 18.4 Å². The maximum Gasteiger partial charge on any atom is 0.253 e. The molecule has 1 aliphatic carbocycles. The quantitative estimate of drug-likeness (QED) is 0.236. The number of aromatic nitrogens is 3. The lowest BCUT2D eigenvalue weighted by Crippen LogP contribution is -2.34. The highest BCUT2D eigenvalue weighted by Crippen LogP contribution is 2.37. The van der Waals surface area contributed by atoms with E-state index in [1.54, 1.807) is 30.3 Å². The fraction of sp³-hybridized carbons (Fsp3) is 0.370. The minimum absolute atomic E-state index is 0.00427. The lowest BCUT2D eigenvalue weighted by molar-refractivity contribution is -0.113. The maximum absolute atomic E-state index is 13.0. The van der Waals surface area contributed by atoms with Gasteiger partial charge in [0.2, 0.25) is 5.91 Å². The maximum atomic E-state index is 13.0. The lowest BCUT2D eigenvalue weighted by atomic mass is 9.96. The van der Waals surface area contributed by atoms with Gasteiger partial charge in [-0.15, -0.1) is 28.1 Å². The highest BCUT2D eigenvalue weighted by Gasteiger charge is 2.27. The Balaban J connectivity index is 1.49. The highest BCUT2D eigenvalue weighted by atomic mass is 35.5. The number of fused-ring (bicyclic) bond motifs is 1. The van der Waals surface area contributed by atoms with Crippen molar-refractivity contribution in [1.29, 1.82) is 5.26 Å². The molecule has 198 valence electrons. The Morgan fingerprint density at radius 3 is 2.76 bits per heavy atom. The van der Waals surface area contributed by atoms with Crippen molar-refractivity contribution in [1.82, 2.24) is 20.1 Å². The number of hydrogen-bond acceptors (Lipinski definition) is 7. The monoisotopic (exact) mass is 568 g/mol. The number of hydrogen-bond donors (Lipinski definition) is 2. The molecule has 0 aliphatic heterocycles. The van der Waals surface area contributed by atoms with E-state index in [2.05, 4.69) is 33.5 Å². The van der Waals surface area contributed by atoms with Crippen LogP contribution in [-0.4, -0.2) is 32.3 Å². The molecule has 1 unspecified atom stereocenters. The van der Waals surface area contributed by atoms with Gasteiger partial charge >= 0.3 is 0 Å². The van der Waals surface area contributed by atoms with Crippen molar-refractivity contribution in [3.8, 4) is 6.07 Å². The number of benzene rings is 1. The summed E-state index contributed by atoms with van der Waals surface area (Å²) in [5.74, 6) is 0.154. The van der Waals surface area contributed by atoms with Gasteiger partial charge in [0.1, 0.15) is 11.1 Å². The molecule has 11 heteroatoms. The third-order valence-corrected chi connectivity index (χ3v) is 8.78. The summed E-state index contributed by atoms with van der Waals surface area (Å²) >= 11 is 8.98. The summed E-state index contributed by atoms with van der Waals surface area (Å²) in [5.41, 5.74) is 2.06. The molecule has 8 nitrogen and oxygen atoms in total. The van der Waals surface area contributed by atoms with Gasteiger partial charge in [0.25, 0.3) is 5.91 Å². The van der Waals surface area contributed by atoms with Gasteiger partial charge in [-0.25, -0.2) is 0 Å². The fourth-order valence-corrected chi connectivity index (χ4v) is 6.63. The molecule has 2 amide bonds. The second-order valence-electron chi connectivity index (χ2n) is 9.28. The molecule has 0 spiro atoms. The third-order valence-electron chi connectivity index (χ3n) is 6.28. The summed E-state index contributed by atoms with van der Waals surface area (Å²) in [7, 11) is 0. The summed E-state index contributed by atoms with van der Waals surface area (Å²) in [6, 6.07) is 8.71. The zero-order chi connectivity index (χ0) is 27.2. The Bertz CT molecular complexity index is 1390. The van der Waals surface area contributed by atoms with Crippen LogP contribution in [0.4, 0.5) is 5.00 Å². The number of thiophene rings is 1. The molecular formula is C27H29ClN6O2S2. The van der Waals surface area contributed by atoms with Crippen LogP contribution in [0.5, 0.6) is 0 Å². The van der Waals surface area contributed by atoms with Crippen molar-refractivity contribution in [3.05, 3.63) is 69.3 Å². The molecule has 0 saturated carbocycles. The first kappa shape index (κ1) is 27.9. The van der Waals surface area contributed by atoms with E-state index in [1.165, 1.54) is 28.0 Å². The number of amides is 2. The van der Waals surface area contributed by atoms with Gasteiger partial charge in [-0.05, 0) is 49.3 Å². The molecule has 2 N–H and O–H groups in total. The summed E-state index contributed by atoms with van der Waals surface area (Å²) in [6.07, 6.45) is 5.74. The lowest BCUT2D eigenvalue weighted by Gasteiger charge is -2.22. The van der Waals surface area contributed by atoms with Crippen LogP contribution in [0.15, 0.2) is 42.1 Å². The van der Waals surface area contributed by atoms with Crippen molar-refractivity contribution in [3.63, 3.8) is 0 Å². The third kappa shape index (κ3) is 6.12. The normalized spacial score (nSPS) is 13.4. The molecule has 4 rings (SSSR count). The first-order valence-electron chi connectivity index (χ1n) is 12.4. The summed E-state index contributed by atoms with van der Waals surface area (Å²) < 4.78 is 1.85. The number of aryl methyl sites for hydroxylation is 1. The fourth-order valence-electron chi connectivity index (χ4n) is 4.40. The first-order valence-corrected chi connectivity index (χ1v) is 14.6. The molecule has 3 aromatic rings. The van der Waals surface area contributed by atoms with Gasteiger partial charge in [0.15, 0.2) is 11.0 Å². The zero-order valence-electron chi connectivity index (χ0n) is 21.3. The number of nitrogens with zero attached hydrogens (tertiary/aromatic N) is 4. The second-order valence-corrected chi connectivity index (χ2v) is 11.7. The highest BCUT2D eigenvalue weighted by molar-refractivity contribution is 7.99. The SMILES string of the molecule is C=CCn1c(SCC(=O)Nc2sc3c(c2C#N)CCCC3)nnc1C(NC(=O)c1ccccc1Cl)C(C)C. The average Bonchev–Trinajstić information content (AvgIpc) is 3.46. The van der Waals surface area contributed by atoms with Crippen molar-refractivity contribution in [2.75, 3.05) is 11.1 Å². The van der Waals surface area contributed by atoms with E-state index in [4.69, 9.17) is 11.6 Å². The van der Waals surface area contributed by atoms with Crippen LogP contribution in [0.2, 0.25) is 5.02 Å². The number of carbonyl (C=O) groups excluding carboxylic acids is 2. The number of thioether (sulfide) groups is 1. The van der Waals surface area contributed by atoms with E-state index in [9.17, 15) is 14.9 Å². The molecule has 0 radical (unpaired) electrons. The molecule has 0 saturated heterocycles. The van der Waals surface area contributed by atoms with Crippen LogP contribution in [-0.2, 0) is 24.2 Å². The topological polar surface area (TPSA) is 113 Å². The molecule has 0 bridgehead atoms. The number of anilines is 1. The van der Waals surface area contributed by atoms with Crippen LogP contribution >= 0.6 is 34.7 Å². The Morgan fingerprint density at radius 2 is 2.05 bits per heavy atom. The number of nitriles is 1. The number of carbonyl (C=O) groups is 2. The van der Waals surface area contributed by atoms with Crippen LogP contribution in [0, 0.1) is 17.2 Å². The van der Waals surface area contributed by atoms with Crippen LogP contribution < -0.4 is 10.6 Å². The van der Waals surface area contributed by atoms with Gasteiger partial charge in [0, 0.05) is 11.4 Å². The predicted octanol–water partition coefficient (Wildman–Crippen LogP) is 5.79. The number of rotatable bonds is 10. The number of allylic oxidation sites excluding steroid dienone is 1. The Labute approximate surface area is 235 Å². The van der Waals surface area contributed by atoms with Gasteiger partial charge in [-0.2, -0.15) is 5.26 Å². The number of nitrogens with one attached hydrogen (secondary N) is 2. The van der Waals surface area contributed by atoms with Crippen molar-refractivity contribution in [2.45, 2.75) is 57.3 Å². The first-order chi connectivity index (χ1) is 18.3. The Morgan fingerprint density at radius 1 is 1.29 bits per heavy atom. The van der Waals surface area contributed by atoms with Gasteiger partial charge in [-0.3, -0.25) is 9.59 Å². The van der Waals surface area contributed by atoms with E-state index >= 15 is 0 Å². The van der Waals surface area contributed by atoms with Gasteiger partial charge in [0.05, 0.1) is 27.9 Å². The van der Waals surface area contributed by atoms with Crippen molar-refractivity contribution >= 4 is 51.5 Å². The summed E-state index contributed by atoms with van der Waals surface area (Å²) in [4.78, 5) is 27.0. The standard InChI is InChI=1S/C27H29ClN6O2S2/c1-4-13-34-24(23(16(2)3)31-25(36)18-10-5-7-11-20(18)28)32-33-27(34)37-15-22(35)30-26-19(14-29)17-9-6-8-12-21(17)38-26/h4-5,7,10-11,16,23H,1,6,8-9,12-13,15H2,2-3H3,(H,30,35)(H,31,36). The van der Waals surface area contributed by atoms with Crippen molar-refractivity contribution in [2.24, 2.45) is 5.92 Å². The zero-order valence-corrected chi connectivity index (χ0v) is 23.7. The number of halogens is 1. The average molecular weight is 569 g/mol. The van der Waals surface area contributed by atoms with Crippen LogP contribution in [0.25, 0.3) is 0 Å². The van der Waals surface area contributed by atoms with E-state index in [-0.39, 0.29) is 23.5 Å². The van der Waals surface area contributed by atoms with E-state index < -0.39 is 6.04 Å². The van der Waals surface area contributed by atoms with Crippen molar-refractivity contribution < 1.29 is 9.59 Å². The Kier molecular flexibility index (Phi) is 9.26.